The van der Waals surface area contributed by atoms with E-state index in [0.717, 1.165) is 11.3 Å². The summed E-state index contributed by atoms with van der Waals surface area (Å²) in [5.41, 5.74) is 1.80. The Morgan fingerprint density at radius 1 is 1.32 bits per heavy atom. The largest absolute Gasteiger partial charge is 0.468 e. The van der Waals surface area contributed by atoms with Crippen LogP contribution in [0, 0.1) is 6.92 Å². The number of rotatable bonds is 6. The third-order valence-electron chi connectivity index (χ3n) is 4.31. The van der Waals surface area contributed by atoms with Crippen molar-refractivity contribution in [3.8, 4) is 0 Å². The third kappa shape index (κ3) is 4.93. The standard InChI is InChI=1S/C18H22N2O4S/c1-14-4-2-5-15(10-14)19-18(21)12-20(11-17-6-3-8-24-17)16-7-9-25(22,23)13-16/h2-6,8,10,16H,7,9,11-13H2,1H3,(H,19,21)/t16-/m0/s1. The van der Waals surface area contributed by atoms with Crippen molar-refractivity contribution >= 4 is 21.4 Å². The highest BCUT2D eigenvalue weighted by Gasteiger charge is 2.33. The van der Waals surface area contributed by atoms with E-state index in [1.165, 1.54) is 0 Å². The zero-order valence-electron chi connectivity index (χ0n) is 14.1. The molecule has 0 aliphatic carbocycles. The average Bonchev–Trinajstić information content (AvgIpc) is 3.16. The lowest BCUT2D eigenvalue weighted by Gasteiger charge is -2.26. The topological polar surface area (TPSA) is 79.6 Å². The molecular weight excluding hydrogens is 340 g/mol. The van der Waals surface area contributed by atoms with E-state index >= 15 is 0 Å². The maximum Gasteiger partial charge on any atom is 0.238 e. The van der Waals surface area contributed by atoms with Gasteiger partial charge < -0.3 is 9.73 Å². The molecule has 1 aromatic carbocycles. The number of nitrogens with zero attached hydrogens (tertiary/aromatic N) is 1. The van der Waals surface area contributed by atoms with E-state index in [4.69, 9.17) is 4.42 Å². The second-order valence-corrected chi connectivity index (χ2v) is 8.69. The van der Waals surface area contributed by atoms with Gasteiger partial charge in [-0.25, -0.2) is 8.42 Å². The van der Waals surface area contributed by atoms with Crippen molar-refractivity contribution in [2.24, 2.45) is 0 Å². The molecule has 0 radical (unpaired) electrons. The van der Waals surface area contributed by atoms with E-state index in [1.807, 2.05) is 42.2 Å². The molecule has 7 heteroatoms. The number of sulfone groups is 1. The number of benzene rings is 1. The fourth-order valence-electron chi connectivity index (χ4n) is 3.09. The highest BCUT2D eigenvalue weighted by Crippen LogP contribution is 2.20. The Hall–Kier alpha value is -2.12. The van der Waals surface area contributed by atoms with Gasteiger partial charge in [0.05, 0.1) is 30.9 Å². The monoisotopic (exact) mass is 362 g/mol. The number of nitrogens with one attached hydrogen (secondary N) is 1. The first kappa shape index (κ1) is 17.7. The minimum absolute atomic E-state index is 0.0887. The van der Waals surface area contributed by atoms with E-state index in [0.29, 0.717) is 18.7 Å². The molecular formula is C18H22N2O4S. The summed E-state index contributed by atoms with van der Waals surface area (Å²) >= 11 is 0. The van der Waals surface area contributed by atoms with E-state index in [-0.39, 0.29) is 30.0 Å². The lowest BCUT2D eigenvalue weighted by molar-refractivity contribution is -0.118. The van der Waals surface area contributed by atoms with Crippen LogP contribution in [0.25, 0.3) is 0 Å². The third-order valence-corrected chi connectivity index (χ3v) is 6.06. The zero-order chi connectivity index (χ0) is 17.9. The van der Waals surface area contributed by atoms with Crippen molar-refractivity contribution in [3.05, 3.63) is 54.0 Å². The Bertz CT molecular complexity index is 831. The number of amides is 1. The van der Waals surface area contributed by atoms with Crippen LogP contribution < -0.4 is 5.32 Å². The summed E-state index contributed by atoms with van der Waals surface area (Å²) in [6.07, 6.45) is 2.12. The van der Waals surface area contributed by atoms with E-state index < -0.39 is 9.84 Å². The maximum atomic E-state index is 12.4. The molecule has 0 unspecified atom stereocenters. The number of anilines is 1. The predicted octanol–water partition coefficient (Wildman–Crippen LogP) is 2.22. The smallest absolute Gasteiger partial charge is 0.238 e. The maximum absolute atomic E-state index is 12.4. The van der Waals surface area contributed by atoms with E-state index in [2.05, 4.69) is 5.32 Å². The van der Waals surface area contributed by atoms with Crippen molar-refractivity contribution in [2.45, 2.75) is 25.9 Å². The van der Waals surface area contributed by atoms with Gasteiger partial charge in [-0.1, -0.05) is 12.1 Å². The van der Waals surface area contributed by atoms with Gasteiger partial charge in [0.2, 0.25) is 5.91 Å². The molecule has 1 aliphatic rings. The highest BCUT2D eigenvalue weighted by atomic mass is 32.2. The molecule has 1 amide bonds. The molecule has 2 aromatic rings. The summed E-state index contributed by atoms with van der Waals surface area (Å²) in [7, 11) is -3.02. The van der Waals surface area contributed by atoms with Crippen molar-refractivity contribution in [1.82, 2.24) is 4.90 Å². The molecule has 0 bridgehead atoms. The van der Waals surface area contributed by atoms with Gasteiger partial charge in [-0.2, -0.15) is 0 Å². The SMILES string of the molecule is Cc1cccc(NC(=O)CN(Cc2ccco2)[C@H]2CCS(=O)(=O)C2)c1. The summed E-state index contributed by atoms with van der Waals surface area (Å²) in [6, 6.07) is 11.0. The number of hydrogen-bond donors (Lipinski definition) is 1. The molecule has 0 saturated carbocycles. The zero-order valence-corrected chi connectivity index (χ0v) is 15.0. The molecule has 3 rings (SSSR count). The normalized spacial score (nSPS) is 19.2. The summed E-state index contributed by atoms with van der Waals surface area (Å²) in [5.74, 6) is 0.811. The Labute approximate surface area is 147 Å². The lowest BCUT2D eigenvalue weighted by atomic mass is 10.2. The molecule has 134 valence electrons. The van der Waals surface area contributed by atoms with Crippen LogP contribution in [0.15, 0.2) is 47.1 Å². The number of aryl methyl sites for hydroxylation is 1. The molecule has 0 spiro atoms. The fraction of sp³-hybridized carbons (Fsp3) is 0.389. The van der Waals surface area contributed by atoms with E-state index in [9.17, 15) is 13.2 Å². The van der Waals surface area contributed by atoms with Crippen LogP contribution in [-0.2, 0) is 21.2 Å². The van der Waals surface area contributed by atoms with Crippen molar-refractivity contribution in [1.29, 1.82) is 0 Å². The summed E-state index contributed by atoms with van der Waals surface area (Å²) < 4.78 is 29.0. The van der Waals surface area contributed by atoms with Crippen molar-refractivity contribution in [2.75, 3.05) is 23.4 Å². The number of carbonyl (C=O) groups excluding carboxylic acids is 1. The Balaban J connectivity index is 1.69. The van der Waals surface area contributed by atoms with Gasteiger partial charge in [0, 0.05) is 11.7 Å². The van der Waals surface area contributed by atoms with Gasteiger partial charge in [0.1, 0.15) is 5.76 Å². The van der Waals surface area contributed by atoms with Crippen molar-refractivity contribution in [3.63, 3.8) is 0 Å². The van der Waals surface area contributed by atoms with Gasteiger partial charge in [0.25, 0.3) is 0 Å². The molecule has 1 aromatic heterocycles. The van der Waals surface area contributed by atoms with Crippen LogP contribution >= 0.6 is 0 Å². The molecule has 1 fully saturated rings. The molecule has 1 aliphatic heterocycles. The van der Waals surface area contributed by atoms with Crippen LogP contribution in [0.2, 0.25) is 0 Å². The molecule has 1 saturated heterocycles. The quantitative estimate of drug-likeness (QED) is 0.852. The van der Waals surface area contributed by atoms with Gasteiger partial charge in [-0.15, -0.1) is 0 Å². The second-order valence-electron chi connectivity index (χ2n) is 6.46. The summed E-state index contributed by atoms with van der Waals surface area (Å²) in [5, 5.41) is 2.88. The summed E-state index contributed by atoms with van der Waals surface area (Å²) in [6.45, 7) is 2.49. The van der Waals surface area contributed by atoms with Crippen LogP contribution in [0.4, 0.5) is 5.69 Å². The summed E-state index contributed by atoms with van der Waals surface area (Å²) in [4.78, 5) is 14.3. The van der Waals surface area contributed by atoms with Crippen LogP contribution in [-0.4, -0.2) is 43.3 Å². The molecule has 1 atom stereocenters. The van der Waals surface area contributed by atoms with Crippen LogP contribution in [0.3, 0.4) is 0 Å². The number of hydrogen-bond acceptors (Lipinski definition) is 5. The molecule has 2 heterocycles. The van der Waals surface area contributed by atoms with Gasteiger partial charge in [-0.3, -0.25) is 9.69 Å². The predicted molar refractivity (Wildman–Crippen MR) is 96.0 cm³/mol. The van der Waals surface area contributed by atoms with Gasteiger partial charge >= 0.3 is 0 Å². The average molecular weight is 362 g/mol. The second kappa shape index (κ2) is 7.41. The van der Waals surface area contributed by atoms with Crippen LogP contribution in [0.1, 0.15) is 17.7 Å². The minimum Gasteiger partial charge on any atom is -0.468 e. The van der Waals surface area contributed by atoms with Crippen LogP contribution in [0.5, 0.6) is 0 Å². The minimum atomic E-state index is -3.02. The fourth-order valence-corrected chi connectivity index (χ4v) is 4.85. The first-order valence-electron chi connectivity index (χ1n) is 8.25. The molecule has 1 N–H and O–H groups in total. The Kier molecular flexibility index (Phi) is 5.24. The first-order chi connectivity index (χ1) is 11.9. The van der Waals surface area contributed by atoms with Gasteiger partial charge in [0.15, 0.2) is 9.84 Å². The molecule has 25 heavy (non-hydrogen) atoms. The number of carbonyl (C=O) groups is 1. The lowest BCUT2D eigenvalue weighted by Crippen LogP contribution is -2.41. The Morgan fingerprint density at radius 2 is 2.16 bits per heavy atom. The first-order valence-corrected chi connectivity index (χ1v) is 10.1. The number of furan rings is 1. The van der Waals surface area contributed by atoms with E-state index in [1.54, 1.807) is 12.3 Å². The van der Waals surface area contributed by atoms with Gasteiger partial charge in [-0.05, 0) is 43.2 Å². The highest BCUT2D eigenvalue weighted by molar-refractivity contribution is 7.91. The van der Waals surface area contributed by atoms with Crippen molar-refractivity contribution < 1.29 is 17.6 Å². The molecule has 6 nitrogen and oxygen atoms in total. The Morgan fingerprint density at radius 3 is 2.80 bits per heavy atom.